The van der Waals surface area contributed by atoms with Crippen LogP contribution in [0.1, 0.15) is 18.0 Å². The molecular weight excluding hydrogens is 298 g/mol. The van der Waals surface area contributed by atoms with Gasteiger partial charge in [-0.2, -0.15) is 0 Å². The van der Waals surface area contributed by atoms with E-state index in [1.54, 1.807) is 14.1 Å². The van der Waals surface area contributed by atoms with Gasteiger partial charge in [-0.05, 0) is 11.5 Å². The first-order valence-electron chi connectivity index (χ1n) is 8.26. The van der Waals surface area contributed by atoms with Crippen LogP contribution in [0.5, 0.6) is 5.75 Å². The molecule has 124 valence electrons. The standard InChI is InChI=1S/C21H23NO2/c1-22(2,23)20(18-10-4-3-5-11-18)15-16-24-21-14-8-12-17-9-6-7-13-19(17)21/h3-14,20H,15-16H2,1-2H3/t20-/m0/s1. The Kier molecular flexibility index (Phi) is 4.84. The van der Waals surface area contributed by atoms with Gasteiger partial charge in [0.05, 0.1) is 20.7 Å². The highest BCUT2D eigenvalue weighted by Gasteiger charge is 2.22. The summed E-state index contributed by atoms with van der Waals surface area (Å²) < 4.78 is 5.66. The van der Waals surface area contributed by atoms with Crippen LogP contribution >= 0.6 is 0 Å². The molecule has 0 aliphatic rings. The van der Waals surface area contributed by atoms with Crippen LogP contribution in [0.2, 0.25) is 0 Å². The molecule has 0 saturated carbocycles. The maximum atomic E-state index is 12.5. The first-order valence-corrected chi connectivity index (χ1v) is 8.26. The van der Waals surface area contributed by atoms with Gasteiger partial charge in [0.25, 0.3) is 0 Å². The average Bonchev–Trinajstić information content (AvgIpc) is 2.58. The molecule has 0 saturated heterocycles. The maximum absolute atomic E-state index is 12.5. The highest BCUT2D eigenvalue weighted by molar-refractivity contribution is 5.88. The van der Waals surface area contributed by atoms with E-state index in [0.29, 0.717) is 13.0 Å². The molecule has 3 aromatic carbocycles. The van der Waals surface area contributed by atoms with Crippen LogP contribution in [0.15, 0.2) is 72.8 Å². The van der Waals surface area contributed by atoms with Gasteiger partial charge < -0.3 is 14.6 Å². The minimum atomic E-state index is -0.358. The highest BCUT2D eigenvalue weighted by Crippen LogP contribution is 2.29. The van der Waals surface area contributed by atoms with Crippen molar-refractivity contribution in [1.82, 2.24) is 0 Å². The second kappa shape index (κ2) is 7.04. The van der Waals surface area contributed by atoms with Gasteiger partial charge in [0.1, 0.15) is 11.8 Å². The van der Waals surface area contributed by atoms with Gasteiger partial charge in [0.2, 0.25) is 0 Å². The molecule has 24 heavy (non-hydrogen) atoms. The van der Waals surface area contributed by atoms with E-state index < -0.39 is 0 Å². The Balaban J connectivity index is 1.74. The van der Waals surface area contributed by atoms with Gasteiger partial charge >= 0.3 is 0 Å². The second-order valence-electron chi connectivity index (χ2n) is 6.48. The number of benzene rings is 3. The number of rotatable bonds is 6. The summed E-state index contributed by atoms with van der Waals surface area (Å²) in [6, 6.07) is 24.0. The van der Waals surface area contributed by atoms with E-state index in [1.807, 2.05) is 54.6 Å². The van der Waals surface area contributed by atoms with Crippen LogP contribution in [0.4, 0.5) is 0 Å². The molecule has 3 rings (SSSR count). The summed E-state index contributed by atoms with van der Waals surface area (Å²) in [5, 5.41) is 14.8. The zero-order valence-corrected chi connectivity index (χ0v) is 14.2. The number of quaternary nitrogens is 1. The Morgan fingerprint density at radius 2 is 1.54 bits per heavy atom. The zero-order valence-electron chi connectivity index (χ0n) is 14.2. The molecule has 0 radical (unpaired) electrons. The number of ether oxygens (including phenoxy) is 1. The third kappa shape index (κ3) is 3.75. The molecule has 1 atom stereocenters. The summed E-state index contributed by atoms with van der Waals surface area (Å²) >= 11 is 0. The molecule has 0 N–H and O–H groups in total. The van der Waals surface area contributed by atoms with E-state index in [1.165, 1.54) is 0 Å². The summed E-state index contributed by atoms with van der Waals surface area (Å²) in [5.74, 6) is 0.871. The Labute approximate surface area is 143 Å². The lowest BCUT2D eigenvalue weighted by atomic mass is 10.0. The Bertz CT molecular complexity index is 788. The molecule has 0 amide bonds. The monoisotopic (exact) mass is 321 g/mol. The number of fused-ring (bicyclic) bond motifs is 1. The lowest BCUT2D eigenvalue weighted by molar-refractivity contribution is -0.873. The quantitative estimate of drug-likeness (QED) is 0.476. The van der Waals surface area contributed by atoms with Crippen molar-refractivity contribution in [2.24, 2.45) is 0 Å². The fraction of sp³-hybridized carbons (Fsp3) is 0.238. The molecule has 0 aromatic heterocycles. The molecule has 0 spiro atoms. The van der Waals surface area contributed by atoms with Crippen LogP contribution in [-0.4, -0.2) is 25.3 Å². The van der Waals surface area contributed by atoms with Crippen molar-refractivity contribution in [1.29, 1.82) is 0 Å². The minimum absolute atomic E-state index is 0.138. The van der Waals surface area contributed by atoms with Crippen molar-refractivity contribution >= 4 is 10.8 Å². The lowest BCUT2D eigenvalue weighted by Gasteiger charge is -2.42. The predicted molar refractivity (Wildman–Crippen MR) is 98.7 cm³/mol. The molecule has 0 bridgehead atoms. The highest BCUT2D eigenvalue weighted by atomic mass is 16.5. The largest absolute Gasteiger partial charge is 0.633 e. The molecule has 0 heterocycles. The average molecular weight is 321 g/mol. The smallest absolute Gasteiger partial charge is 0.127 e. The number of nitrogens with zero attached hydrogens (tertiary/aromatic N) is 1. The predicted octanol–water partition coefficient (Wildman–Crippen LogP) is 4.92. The number of hydroxylamine groups is 3. The van der Waals surface area contributed by atoms with Gasteiger partial charge in [0, 0.05) is 17.4 Å². The summed E-state index contributed by atoms with van der Waals surface area (Å²) in [5.41, 5.74) is 1.05. The van der Waals surface area contributed by atoms with Crippen molar-refractivity contribution in [2.45, 2.75) is 12.5 Å². The molecular formula is C21H23NO2. The molecule has 0 unspecified atom stereocenters. The molecule has 0 aliphatic heterocycles. The molecule has 0 aliphatic carbocycles. The van der Waals surface area contributed by atoms with Gasteiger partial charge in [-0.15, -0.1) is 0 Å². The summed E-state index contributed by atoms with van der Waals surface area (Å²) in [6.45, 7) is 0.511. The third-order valence-corrected chi connectivity index (χ3v) is 4.33. The van der Waals surface area contributed by atoms with Crippen molar-refractivity contribution in [3.8, 4) is 5.75 Å². The first kappa shape index (κ1) is 16.5. The summed E-state index contributed by atoms with van der Waals surface area (Å²) in [6.07, 6.45) is 0.670. The second-order valence-corrected chi connectivity index (χ2v) is 6.48. The topological polar surface area (TPSA) is 32.3 Å². The van der Waals surface area contributed by atoms with E-state index >= 15 is 0 Å². The normalized spacial score (nSPS) is 13.0. The van der Waals surface area contributed by atoms with E-state index in [0.717, 1.165) is 22.1 Å². The van der Waals surface area contributed by atoms with Crippen molar-refractivity contribution in [3.63, 3.8) is 0 Å². The van der Waals surface area contributed by atoms with Crippen LogP contribution < -0.4 is 4.74 Å². The zero-order chi connectivity index (χ0) is 17.0. The molecule has 0 fully saturated rings. The maximum Gasteiger partial charge on any atom is 0.127 e. The van der Waals surface area contributed by atoms with E-state index in [4.69, 9.17) is 4.74 Å². The van der Waals surface area contributed by atoms with Crippen molar-refractivity contribution in [3.05, 3.63) is 83.6 Å². The van der Waals surface area contributed by atoms with Gasteiger partial charge in [-0.3, -0.25) is 0 Å². The van der Waals surface area contributed by atoms with E-state index in [9.17, 15) is 5.21 Å². The van der Waals surface area contributed by atoms with E-state index in [2.05, 4.69) is 18.2 Å². The third-order valence-electron chi connectivity index (χ3n) is 4.33. The van der Waals surface area contributed by atoms with Gasteiger partial charge in [-0.1, -0.05) is 66.7 Å². The van der Waals surface area contributed by atoms with E-state index in [-0.39, 0.29) is 10.7 Å². The van der Waals surface area contributed by atoms with Crippen molar-refractivity contribution < 1.29 is 9.38 Å². The Morgan fingerprint density at radius 3 is 2.29 bits per heavy atom. The van der Waals surface area contributed by atoms with Crippen LogP contribution in [-0.2, 0) is 0 Å². The molecule has 3 heteroatoms. The lowest BCUT2D eigenvalue weighted by Crippen LogP contribution is -2.37. The van der Waals surface area contributed by atoms with Gasteiger partial charge in [0.15, 0.2) is 0 Å². The molecule has 3 aromatic rings. The first-order chi connectivity index (χ1) is 11.6. The van der Waals surface area contributed by atoms with Crippen LogP contribution in [0, 0.1) is 5.21 Å². The Morgan fingerprint density at radius 1 is 0.875 bits per heavy atom. The van der Waals surface area contributed by atoms with Crippen LogP contribution in [0.3, 0.4) is 0 Å². The summed E-state index contributed by atoms with van der Waals surface area (Å²) in [7, 11) is 3.38. The molecule has 3 nitrogen and oxygen atoms in total. The Hall–Kier alpha value is -2.36. The fourth-order valence-electron chi connectivity index (χ4n) is 3.11. The van der Waals surface area contributed by atoms with Crippen molar-refractivity contribution in [2.75, 3.05) is 20.7 Å². The SMILES string of the molecule is C[N+](C)([O-])[C@@H](CCOc1cccc2ccccc12)c1ccccc1. The number of hydrogen-bond acceptors (Lipinski definition) is 2. The summed E-state index contributed by atoms with van der Waals surface area (Å²) in [4.78, 5) is 0. The fourth-order valence-corrected chi connectivity index (χ4v) is 3.11. The van der Waals surface area contributed by atoms with Crippen LogP contribution in [0.25, 0.3) is 10.8 Å². The van der Waals surface area contributed by atoms with Gasteiger partial charge in [-0.25, -0.2) is 0 Å². The number of hydrogen-bond donors (Lipinski definition) is 0. The minimum Gasteiger partial charge on any atom is -0.633 e.